The van der Waals surface area contributed by atoms with Crippen molar-refractivity contribution in [2.45, 2.75) is 25.9 Å². The van der Waals surface area contributed by atoms with Gasteiger partial charge in [-0.25, -0.2) is 4.98 Å². The molecule has 7 nitrogen and oxygen atoms in total. The second-order valence-electron chi connectivity index (χ2n) is 5.94. The van der Waals surface area contributed by atoms with Crippen molar-refractivity contribution in [2.24, 2.45) is 0 Å². The highest BCUT2D eigenvalue weighted by molar-refractivity contribution is 5.25. The molecule has 2 aromatic rings. The molecule has 2 aromatic heterocycles. The monoisotopic (exact) mass is 345 g/mol. The van der Waals surface area contributed by atoms with Gasteiger partial charge in [0.2, 0.25) is 5.88 Å². The van der Waals surface area contributed by atoms with Crippen molar-refractivity contribution in [3.05, 3.63) is 43.0 Å². The standard InChI is InChI=1S/C18H27N5O2/c1-5-6-7-16(14-22(3)12-13-24-4)25-18-9-8-17(20-21-18)23-11-10-19-15(23)2/h5,8-11,16H,1,6-7,12-14H2,2-4H3. The Bertz CT molecular complexity index is 641. The van der Waals surface area contributed by atoms with E-state index in [1.54, 1.807) is 13.3 Å². The molecule has 7 heteroatoms. The summed E-state index contributed by atoms with van der Waals surface area (Å²) in [6.07, 6.45) is 7.30. The summed E-state index contributed by atoms with van der Waals surface area (Å²) in [5.74, 6) is 2.12. The minimum Gasteiger partial charge on any atom is -0.472 e. The van der Waals surface area contributed by atoms with Gasteiger partial charge in [0.25, 0.3) is 0 Å². The summed E-state index contributed by atoms with van der Waals surface area (Å²) in [5.41, 5.74) is 0. The Kier molecular flexibility index (Phi) is 7.56. The summed E-state index contributed by atoms with van der Waals surface area (Å²) in [4.78, 5) is 6.38. The lowest BCUT2D eigenvalue weighted by molar-refractivity contribution is 0.109. The first kappa shape index (κ1) is 19.1. The van der Waals surface area contributed by atoms with E-state index in [-0.39, 0.29) is 6.10 Å². The average Bonchev–Trinajstić information content (AvgIpc) is 3.04. The highest BCUT2D eigenvalue weighted by atomic mass is 16.5. The third kappa shape index (κ3) is 5.95. The Morgan fingerprint density at radius 3 is 2.80 bits per heavy atom. The van der Waals surface area contributed by atoms with E-state index in [0.717, 1.165) is 37.6 Å². The van der Waals surface area contributed by atoms with Crippen LogP contribution in [0.4, 0.5) is 0 Å². The zero-order chi connectivity index (χ0) is 18.1. The topological polar surface area (TPSA) is 65.3 Å². The van der Waals surface area contributed by atoms with E-state index >= 15 is 0 Å². The summed E-state index contributed by atoms with van der Waals surface area (Å²) in [5, 5.41) is 8.44. The molecular weight excluding hydrogens is 318 g/mol. The maximum atomic E-state index is 6.04. The third-order valence-electron chi connectivity index (χ3n) is 3.87. The van der Waals surface area contributed by atoms with Crippen LogP contribution < -0.4 is 4.74 Å². The van der Waals surface area contributed by atoms with E-state index in [2.05, 4.69) is 33.7 Å². The smallest absolute Gasteiger partial charge is 0.233 e. The van der Waals surface area contributed by atoms with Crippen LogP contribution in [-0.4, -0.2) is 64.6 Å². The van der Waals surface area contributed by atoms with Crippen molar-refractivity contribution in [3.63, 3.8) is 0 Å². The normalized spacial score (nSPS) is 12.3. The number of aryl methyl sites for hydroxylation is 1. The number of methoxy groups -OCH3 is 1. The van der Waals surface area contributed by atoms with Gasteiger partial charge >= 0.3 is 0 Å². The van der Waals surface area contributed by atoms with Crippen LogP contribution in [0.25, 0.3) is 5.82 Å². The summed E-state index contributed by atoms with van der Waals surface area (Å²) >= 11 is 0. The van der Waals surface area contributed by atoms with E-state index < -0.39 is 0 Å². The molecule has 0 saturated heterocycles. The first-order valence-electron chi connectivity index (χ1n) is 8.43. The van der Waals surface area contributed by atoms with Crippen LogP contribution in [0.3, 0.4) is 0 Å². The molecule has 1 atom stereocenters. The molecule has 136 valence electrons. The first-order chi connectivity index (χ1) is 12.1. The number of imidazole rings is 1. The van der Waals surface area contributed by atoms with Crippen molar-refractivity contribution in [1.29, 1.82) is 0 Å². The van der Waals surface area contributed by atoms with Crippen LogP contribution in [0.2, 0.25) is 0 Å². The van der Waals surface area contributed by atoms with Crippen molar-refractivity contribution in [3.8, 4) is 11.7 Å². The van der Waals surface area contributed by atoms with Crippen LogP contribution in [0.1, 0.15) is 18.7 Å². The van der Waals surface area contributed by atoms with Gasteiger partial charge in [-0.1, -0.05) is 6.08 Å². The fourth-order valence-corrected chi connectivity index (χ4v) is 2.47. The molecule has 0 aliphatic carbocycles. The van der Waals surface area contributed by atoms with Gasteiger partial charge in [0.05, 0.1) is 6.61 Å². The Morgan fingerprint density at radius 2 is 2.20 bits per heavy atom. The van der Waals surface area contributed by atoms with Gasteiger partial charge in [-0.15, -0.1) is 16.8 Å². The molecule has 1 unspecified atom stereocenters. The SMILES string of the molecule is C=CCCC(CN(C)CCOC)Oc1ccc(-n2ccnc2C)nn1. The van der Waals surface area contributed by atoms with E-state index in [0.29, 0.717) is 12.5 Å². The van der Waals surface area contributed by atoms with Gasteiger partial charge in [0.1, 0.15) is 11.9 Å². The second kappa shape index (κ2) is 9.90. The molecule has 0 fully saturated rings. The molecule has 0 aliphatic heterocycles. The number of rotatable bonds is 11. The summed E-state index contributed by atoms with van der Waals surface area (Å²) in [7, 11) is 3.76. The van der Waals surface area contributed by atoms with Gasteiger partial charge in [0.15, 0.2) is 5.82 Å². The van der Waals surface area contributed by atoms with Crippen LogP contribution >= 0.6 is 0 Å². The molecule has 0 aliphatic rings. The Labute approximate surface area is 149 Å². The van der Waals surface area contributed by atoms with Crippen molar-refractivity contribution >= 4 is 0 Å². The van der Waals surface area contributed by atoms with Gasteiger partial charge in [-0.2, -0.15) is 0 Å². The van der Waals surface area contributed by atoms with E-state index in [1.807, 2.05) is 35.9 Å². The van der Waals surface area contributed by atoms with Crippen molar-refractivity contribution in [1.82, 2.24) is 24.6 Å². The molecule has 0 spiro atoms. The minimum atomic E-state index is 0.0231. The van der Waals surface area contributed by atoms with E-state index in [9.17, 15) is 0 Å². The number of nitrogens with zero attached hydrogens (tertiary/aromatic N) is 5. The number of hydrogen-bond acceptors (Lipinski definition) is 6. The molecule has 0 radical (unpaired) electrons. The van der Waals surface area contributed by atoms with Gasteiger partial charge in [-0.3, -0.25) is 4.57 Å². The lowest BCUT2D eigenvalue weighted by Crippen LogP contribution is -2.35. The minimum absolute atomic E-state index is 0.0231. The first-order valence-corrected chi connectivity index (χ1v) is 8.43. The summed E-state index contributed by atoms with van der Waals surface area (Å²) in [6.45, 7) is 8.06. The van der Waals surface area contributed by atoms with Crippen LogP contribution in [-0.2, 0) is 4.74 Å². The predicted molar refractivity (Wildman–Crippen MR) is 97.1 cm³/mol. The number of likely N-dealkylation sites (N-methyl/N-ethyl adjacent to an activating group) is 1. The maximum absolute atomic E-state index is 6.04. The van der Waals surface area contributed by atoms with Crippen LogP contribution in [0, 0.1) is 6.92 Å². The predicted octanol–water partition coefficient (Wildman–Crippen LogP) is 2.26. The summed E-state index contributed by atoms with van der Waals surface area (Å²) in [6, 6.07) is 3.73. The Morgan fingerprint density at radius 1 is 1.36 bits per heavy atom. The second-order valence-corrected chi connectivity index (χ2v) is 5.94. The molecular formula is C18H27N5O2. The van der Waals surface area contributed by atoms with Gasteiger partial charge < -0.3 is 14.4 Å². The van der Waals surface area contributed by atoms with Crippen LogP contribution in [0.15, 0.2) is 37.2 Å². The number of aromatic nitrogens is 4. The number of hydrogen-bond donors (Lipinski definition) is 0. The Balaban J connectivity index is 1.99. The maximum Gasteiger partial charge on any atom is 0.233 e. The van der Waals surface area contributed by atoms with Gasteiger partial charge in [0, 0.05) is 38.7 Å². The molecule has 0 saturated carbocycles. The lowest BCUT2D eigenvalue weighted by Gasteiger charge is -2.24. The zero-order valence-corrected chi connectivity index (χ0v) is 15.3. The molecule has 0 bridgehead atoms. The molecule has 0 amide bonds. The largest absolute Gasteiger partial charge is 0.472 e. The van der Waals surface area contributed by atoms with Gasteiger partial charge in [-0.05, 0) is 32.9 Å². The fraction of sp³-hybridized carbons (Fsp3) is 0.500. The number of allylic oxidation sites excluding steroid dienone is 1. The molecule has 25 heavy (non-hydrogen) atoms. The van der Waals surface area contributed by atoms with E-state index in [4.69, 9.17) is 9.47 Å². The fourth-order valence-electron chi connectivity index (χ4n) is 2.47. The molecule has 0 aromatic carbocycles. The highest BCUT2D eigenvalue weighted by Crippen LogP contribution is 2.14. The van der Waals surface area contributed by atoms with Crippen molar-refractivity contribution < 1.29 is 9.47 Å². The molecule has 2 rings (SSSR count). The molecule has 0 N–H and O–H groups in total. The quantitative estimate of drug-likeness (QED) is 0.582. The highest BCUT2D eigenvalue weighted by Gasteiger charge is 2.14. The third-order valence-corrected chi connectivity index (χ3v) is 3.87. The zero-order valence-electron chi connectivity index (χ0n) is 15.3. The van der Waals surface area contributed by atoms with E-state index in [1.165, 1.54) is 0 Å². The summed E-state index contributed by atoms with van der Waals surface area (Å²) < 4.78 is 13.0. The Hall–Kier alpha value is -2.25. The number of ether oxygens (including phenoxy) is 2. The van der Waals surface area contributed by atoms with Crippen molar-refractivity contribution in [2.75, 3.05) is 33.9 Å². The van der Waals surface area contributed by atoms with Crippen LogP contribution in [0.5, 0.6) is 5.88 Å². The molecule has 2 heterocycles. The lowest BCUT2D eigenvalue weighted by atomic mass is 10.2. The average molecular weight is 345 g/mol.